The molecule has 1 aromatic rings. The van der Waals surface area contributed by atoms with Crippen LogP contribution in [-0.4, -0.2) is 59.5 Å². The minimum atomic E-state index is 0.205. The van der Waals surface area contributed by atoms with Gasteiger partial charge in [-0.05, 0) is 52.0 Å². The molecule has 1 aliphatic heterocycles. The first-order chi connectivity index (χ1) is 9.60. The third-order valence-corrected chi connectivity index (χ3v) is 4.11. The average Bonchev–Trinajstić information content (AvgIpc) is 2.61. The van der Waals surface area contributed by atoms with Crippen LogP contribution in [0, 0.1) is 0 Å². The summed E-state index contributed by atoms with van der Waals surface area (Å²) in [5, 5.41) is 0. The lowest BCUT2D eigenvalue weighted by molar-refractivity contribution is 0.219. The average molecular weight is 277 g/mol. The van der Waals surface area contributed by atoms with Crippen LogP contribution in [0.4, 0.5) is 0 Å². The van der Waals surface area contributed by atoms with Gasteiger partial charge in [-0.15, -0.1) is 0 Å². The SMILES string of the molecule is CCC(N)Cc1cnc(C2CN(C)CCCN2C)nc1. The molecular weight excluding hydrogens is 250 g/mol. The molecule has 0 amide bonds. The first-order valence-electron chi connectivity index (χ1n) is 7.55. The molecule has 0 bridgehead atoms. The van der Waals surface area contributed by atoms with Crippen molar-refractivity contribution in [1.82, 2.24) is 19.8 Å². The Bertz CT molecular complexity index is 405. The second-order valence-corrected chi connectivity index (χ2v) is 5.93. The summed E-state index contributed by atoms with van der Waals surface area (Å²) in [6.07, 6.45) is 6.93. The highest BCUT2D eigenvalue weighted by Crippen LogP contribution is 2.20. The Balaban J connectivity index is 2.07. The molecule has 2 unspecified atom stereocenters. The van der Waals surface area contributed by atoms with Gasteiger partial charge >= 0.3 is 0 Å². The molecule has 0 aromatic carbocycles. The molecule has 20 heavy (non-hydrogen) atoms. The van der Waals surface area contributed by atoms with E-state index in [9.17, 15) is 0 Å². The smallest absolute Gasteiger partial charge is 0.146 e. The van der Waals surface area contributed by atoms with Crippen LogP contribution < -0.4 is 5.73 Å². The molecule has 1 aromatic heterocycles. The molecule has 0 aliphatic carbocycles. The van der Waals surface area contributed by atoms with Crippen LogP contribution in [-0.2, 0) is 6.42 Å². The zero-order valence-electron chi connectivity index (χ0n) is 12.9. The number of hydrogen-bond donors (Lipinski definition) is 1. The number of nitrogens with two attached hydrogens (primary N) is 1. The van der Waals surface area contributed by atoms with Crippen molar-refractivity contribution in [2.45, 2.75) is 38.3 Å². The van der Waals surface area contributed by atoms with Crippen LogP contribution in [0.5, 0.6) is 0 Å². The maximum Gasteiger partial charge on any atom is 0.146 e. The van der Waals surface area contributed by atoms with Gasteiger partial charge in [0, 0.05) is 25.0 Å². The van der Waals surface area contributed by atoms with Gasteiger partial charge in [-0.3, -0.25) is 4.90 Å². The van der Waals surface area contributed by atoms with Gasteiger partial charge in [0.25, 0.3) is 0 Å². The molecule has 5 nitrogen and oxygen atoms in total. The first kappa shape index (κ1) is 15.4. The Morgan fingerprint density at radius 1 is 1.30 bits per heavy atom. The van der Waals surface area contributed by atoms with E-state index in [1.807, 2.05) is 12.4 Å². The van der Waals surface area contributed by atoms with Crippen LogP contribution >= 0.6 is 0 Å². The third-order valence-electron chi connectivity index (χ3n) is 4.11. The van der Waals surface area contributed by atoms with Crippen molar-refractivity contribution in [3.8, 4) is 0 Å². The molecule has 112 valence electrons. The molecule has 0 spiro atoms. The maximum atomic E-state index is 5.98. The van der Waals surface area contributed by atoms with Gasteiger partial charge in [0.2, 0.25) is 0 Å². The van der Waals surface area contributed by atoms with Gasteiger partial charge in [-0.25, -0.2) is 9.97 Å². The molecule has 0 radical (unpaired) electrons. The maximum absolute atomic E-state index is 5.98. The quantitative estimate of drug-likeness (QED) is 0.892. The van der Waals surface area contributed by atoms with Gasteiger partial charge in [-0.2, -0.15) is 0 Å². The van der Waals surface area contributed by atoms with Gasteiger partial charge < -0.3 is 10.6 Å². The van der Waals surface area contributed by atoms with E-state index >= 15 is 0 Å². The van der Waals surface area contributed by atoms with E-state index in [-0.39, 0.29) is 12.1 Å². The first-order valence-corrected chi connectivity index (χ1v) is 7.55. The van der Waals surface area contributed by atoms with Crippen molar-refractivity contribution < 1.29 is 0 Å². The molecule has 1 saturated heterocycles. The summed E-state index contributed by atoms with van der Waals surface area (Å²) >= 11 is 0. The fraction of sp³-hybridized carbons (Fsp3) is 0.733. The summed E-state index contributed by atoms with van der Waals surface area (Å²) in [4.78, 5) is 13.9. The van der Waals surface area contributed by atoms with E-state index in [0.717, 1.165) is 43.9 Å². The molecule has 2 N–H and O–H groups in total. The molecule has 1 fully saturated rings. The second kappa shape index (κ2) is 7.11. The van der Waals surface area contributed by atoms with Crippen molar-refractivity contribution in [3.05, 3.63) is 23.8 Å². The second-order valence-electron chi connectivity index (χ2n) is 5.93. The molecule has 2 atom stereocenters. The van der Waals surface area contributed by atoms with Gasteiger partial charge in [0.15, 0.2) is 0 Å². The Labute approximate surface area is 122 Å². The van der Waals surface area contributed by atoms with Gasteiger partial charge in [0.1, 0.15) is 5.82 Å². The van der Waals surface area contributed by atoms with Crippen molar-refractivity contribution in [2.24, 2.45) is 5.73 Å². The zero-order valence-corrected chi connectivity index (χ0v) is 12.9. The highest BCUT2D eigenvalue weighted by molar-refractivity contribution is 5.09. The van der Waals surface area contributed by atoms with E-state index in [2.05, 4.69) is 40.8 Å². The van der Waals surface area contributed by atoms with Crippen molar-refractivity contribution in [3.63, 3.8) is 0 Å². The minimum absolute atomic E-state index is 0.205. The summed E-state index contributed by atoms with van der Waals surface area (Å²) in [6, 6.07) is 0.493. The van der Waals surface area contributed by atoms with E-state index in [1.54, 1.807) is 0 Å². The largest absolute Gasteiger partial charge is 0.327 e. The summed E-state index contributed by atoms with van der Waals surface area (Å²) in [6.45, 7) is 5.34. The molecular formula is C15H27N5. The Morgan fingerprint density at radius 2 is 2.00 bits per heavy atom. The van der Waals surface area contributed by atoms with E-state index in [1.165, 1.54) is 6.42 Å². The summed E-state index contributed by atoms with van der Waals surface area (Å²) < 4.78 is 0. The van der Waals surface area contributed by atoms with Gasteiger partial charge in [-0.1, -0.05) is 6.92 Å². The number of rotatable bonds is 4. The lowest BCUT2D eigenvalue weighted by Crippen LogP contribution is -2.32. The van der Waals surface area contributed by atoms with Crippen LogP contribution in [0.15, 0.2) is 12.4 Å². The molecule has 0 saturated carbocycles. The Kier molecular flexibility index (Phi) is 5.46. The Hall–Kier alpha value is -1.04. The van der Waals surface area contributed by atoms with Crippen LogP contribution in [0.1, 0.15) is 37.2 Å². The third kappa shape index (κ3) is 3.98. The predicted molar refractivity (Wildman–Crippen MR) is 81.5 cm³/mol. The summed E-state index contributed by atoms with van der Waals surface area (Å²) in [5.41, 5.74) is 7.11. The number of likely N-dealkylation sites (N-methyl/N-ethyl adjacent to an activating group) is 2. The lowest BCUT2D eigenvalue weighted by atomic mass is 10.1. The molecule has 2 heterocycles. The minimum Gasteiger partial charge on any atom is -0.327 e. The summed E-state index contributed by atoms with van der Waals surface area (Å²) in [7, 11) is 4.33. The predicted octanol–water partition coefficient (Wildman–Crippen LogP) is 1.06. The van der Waals surface area contributed by atoms with Crippen molar-refractivity contribution in [1.29, 1.82) is 0 Å². The monoisotopic (exact) mass is 277 g/mol. The van der Waals surface area contributed by atoms with E-state index in [4.69, 9.17) is 5.73 Å². The topological polar surface area (TPSA) is 58.3 Å². The fourth-order valence-electron chi connectivity index (χ4n) is 2.64. The molecule has 5 heteroatoms. The van der Waals surface area contributed by atoms with Crippen LogP contribution in [0.2, 0.25) is 0 Å². The van der Waals surface area contributed by atoms with Crippen LogP contribution in [0.25, 0.3) is 0 Å². The summed E-state index contributed by atoms with van der Waals surface area (Å²) in [5.74, 6) is 0.926. The number of aromatic nitrogens is 2. The Morgan fingerprint density at radius 3 is 2.65 bits per heavy atom. The molecule has 1 aliphatic rings. The normalized spacial score (nSPS) is 23.5. The standard InChI is InChI=1S/C15H27N5/c1-4-13(16)8-12-9-17-15(18-10-12)14-11-19(2)6-5-7-20(14)3/h9-10,13-14H,4-8,11,16H2,1-3H3. The van der Waals surface area contributed by atoms with E-state index in [0.29, 0.717) is 0 Å². The highest BCUT2D eigenvalue weighted by atomic mass is 15.2. The number of nitrogens with zero attached hydrogens (tertiary/aromatic N) is 4. The van der Waals surface area contributed by atoms with Gasteiger partial charge in [0.05, 0.1) is 6.04 Å². The highest BCUT2D eigenvalue weighted by Gasteiger charge is 2.24. The molecule has 2 rings (SSSR count). The van der Waals surface area contributed by atoms with E-state index < -0.39 is 0 Å². The number of hydrogen-bond acceptors (Lipinski definition) is 5. The van der Waals surface area contributed by atoms with Crippen LogP contribution in [0.3, 0.4) is 0 Å². The zero-order chi connectivity index (χ0) is 14.5. The van der Waals surface area contributed by atoms with Crippen molar-refractivity contribution in [2.75, 3.05) is 33.7 Å². The lowest BCUT2D eigenvalue weighted by Gasteiger charge is -2.26. The fourth-order valence-corrected chi connectivity index (χ4v) is 2.64. The van der Waals surface area contributed by atoms with Crippen molar-refractivity contribution >= 4 is 0 Å².